The van der Waals surface area contributed by atoms with Crippen LogP contribution in [0.2, 0.25) is 5.02 Å². The molecule has 5 aromatic rings. The number of pyridine rings is 1. The number of aromatic nitrogens is 2. The smallest absolute Gasteiger partial charge is 0.277 e. The summed E-state index contributed by atoms with van der Waals surface area (Å²) in [5, 5.41) is 13.7. The van der Waals surface area contributed by atoms with Crippen LogP contribution in [-0.2, 0) is 16.4 Å². The first kappa shape index (κ1) is 40.0. The van der Waals surface area contributed by atoms with Crippen LogP contribution < -0.4 is 19.1 Å². The number of benzene rings is 3. The molecule has 13 nitrogen and oxygen atoms in total. The molecule has 4 heterocycles. The zero-order valence-electron chi connectivity index (χ0n) is 33.6. The lowest BCUT2D eigenvalue weighted by Gasteiger charge is -2.39. The number of sulfonamides is 1. The summed E-state index contributed by atoms with van der Waals surface area (Å²) < 4.78 is 41.9. The average Bonchev–Trinajstić information content (AvgIpc) is 3.98. The van der Waals surface area contributed by atoms with E-state index in [4.69, 9.17) is 21.1 Å². The van der Waals surface area contributed by atoms with Gasteiger partial charge >= 0.3 is 0 Å². The molecule has 0 unspecified atom stereocenters. The monoisotopic (exact) mass is 850 g/mol. The number of halogens is 1. The van der Waals surface area contributed by atoms with Crippen molar-refractivity contribution < 1.29 is 27.6 Å². The number of allylic oxidation sites excluding steroid dienone is 1. The highest BCUT2D eigenvalue weighted by Gasteiger charge is 2.38. The molecule has 0 bridgehead atoms. The molecule has 60 heavy (non-hydrogen) atoms. The lowest BCUT2D eigenvalue weighted by molar-refractivity contribution is -0.386. The van der Waals surface area contributed by atoms with Crippen LogP contribution in [0.5, 0.6) is 17.2 Å². The number of nitro groups is 1. The summed E-state index contributed by atoms with van der Waals surface area (Å²) in [7, 11) is -4.59. The number of anilines is 1. The van der Waals surface area contributed by atoms with Crippen LogP contribution in [-0.4, -0.2) is 73.4 Å². The number of ether oxygens (including phenoxy) is 2. The number of nitrogens with zero attached hydrogens (tertiary/aromatic N) is 4. The number of hydrogen-bond acceptors (Lipinski definition) is 10. The van der Waals surface area contributed by atoms with Crippen molar-refractivity contribution in [3.8, 4) is 17.2 Å². The van der Waals surface area contributed by atoms with Gasteiger partial charge < -0.3 is 19.4 Å². The van der Waals surface area contributed by atoms with E-state index in [0.717, 1.165) is 87.0 Å². The molecule has 2 aliphatic heterocycles. The largest absolute Gasteiger partial charge is 0.493 e. The van der Waals surface area contributed by atoms with Crippen molar-refractivity contribution in [1.29, 1.82) is 0 Å². The molecule has 1 saturated carbocycles. The molecule has 3 aromatic carbocycles. The van der Waals surface area contributed by atoms with E-state index in [-0.39, 0.29) is 34.1 Å². The number of carbonyl (C=O) groups is 1. The van der Waals surface area contributed by atoms with Gasteiger partial charge in [-0.15, -0.1) is 0 Å². The number of hydrogen-bond donors (Lipinski definition) is 2. The van der Waals surface area contributed by atoms with Crippen molar-refractivity contribution in [3.63, 3.8) is 0 Å². The first-order valence-electron chi connectivity index (χ1n) is 20.5. The Bertz CT molecular complexity index is 2630. The molecule has 0 radical (unpaired) electrons. The first-order valence-corrected chi connectivity index (χ1v) is 22.4. The molecule has 2 fully saturated rings. The van der Waals surface area contributed by atoms with Crippen LogP contribution in [0, 0.1) is 27.4 Å². The Balaban J connectivity index is 0.955. The highest BCUT2D eigenvalue weighted by Crippen LogP contribution is 2.46. The number of nitrogens with one attached hydrogen (secondary N) is 2. The Hall–Kier alpha value is -5.44. The predicted octanol–water partition coefficient (Wildman–Crippen LogP) is 8.78. The maximum atomic E-state index is 14.0. The quantitative estimate of drug-likeness (QED) is 0.0972. The molecule has 2 aromatic heterocycles. The van der Waals surface area contributed by atoms with E-state index < -0.39 is 25.7 Å². The average molecular weight is 851 g/mol. The summed E-state index contributed by atoms with van der Waals surface area (Å²) >= 11 is 6.24. The second-order valence-corrected chi connectivity index (χ2v) is 19.4. The normalized spacial score (nSPS) is 19.4. The van der Waals surface area contributed by atoms with Gasteiger partial charge in [0.1, 0.15) is 22.9 Å². The molecule has 2 N–H and O–H groups in total. The molecule has 312 valence electrons. The van der Waals surface area contributed by atoms with Gasteiger partial charge in [-0.3, -0.25) is 19.8 Å². The van der Waals surface area contributed by atoms with E-state index in [1.54, 1.807) is 30.5 Å². The number of amides is 1. The SMILES string of the molecule is CC1(C)CCC(CN2CCN(c3ccc(C(=O)NS(=O)(=O)c4cc5c(c([N+](=O)[O-])c4)C[C@H](C4CC4)CO5)c(Oc4cnc5[nH]ccc5c4)c3)CC2)=C(c2ccc(Cl)cc2)C1. The van der Waals surface area contributed by atoms with Gasteiger partial charge in [0.15, 0.2) is 0 Å². The van der Waals surface area contributed by atoms with Crippen molar-refractivity contribution in [2.45, 2.75) is 57.3 Å². The van der Waals surface area contributed by atoms with E-state index in [9.17, 15) is 23.3 Å². The Kier molecular flexibility index (Phi) is 10.6. The summed E-state index contributed by atoms with van der Waals surface area (Å²) in [5.74, 6) is 0.295. The van der Waals surface area contributed by atoms with Gasteiger partial charge in [-0.1, -0.05) is 43.2 Å². The fourth-order valence-corrected chi connectivity index (χ4v) is 9.99. The zero-order chi connectivity index (χ0) is 41.8. The van der Waals surface area contributed by atoms with Crippen molar-refractivity contribution in [2.24, 2.45) is 17.3 Å². The number of carbonyl (C=O) groups excluding carboxylic acids is 1. The molecule has 1 atom stereocenters. The fourth-order valence-electron chi connectivity index (χ4n) is 8.86. The third kappa shape index (κ3) is 8.45. The van der Waals surface area contributed by atoms with Crippen LogP contribution in [0.25, 0.3) is 16.6 Å². The standard InChI is InChI=1S/C45H47ClN6O7S/c1-45(2)13-11-31(39(24-45)29-5-7-33(46)8-6-29)26-50-15-17-51(18-16-50)34-9-10-37(42(21-34)59-35-19-30-12-14-47-43(30)48-25-35)44(53)49-60(56,57)36-22-40(52(54)55)38-20-32(28-3-4-28)27-58-41(38)23-36/h5-10,12,14,19,21-23,25,28,32H,3-4,11,13,15-18,20,24,26-27H2,1-2H3,(H,47,48)(H,49,53)/t32-/m0/s1. The van der Waals surface area contributed by atoms with Gasteiger partial charge in [-0.05, 0) is 97.4 Å². The number of nitro benzene ring substituents is 1. The third-order valence-electron chi connectivity index (χ3n) is 12.4. The van der Waals surface area contributed by atoms with Crippen molar-refractivity contribution >= 4 is 55.5 Å². The number of fused-ring (bicyclic) bond motifs is 2. The molecule has 1 saturated heterocycles. The highest BCUT2D eigenvalue weighted by atomic mass is 35.5. The number of aromatic amines is 1. The summed E-state index contributed by atoms with van der Waals surface area (Å²) in [4.78, 5) is 37.3. The van der Waals surface area contributed by atoms with Gasteiger partial charge in [-0.2, -0.15) is 0 Å². The summed E-state index contributed by atoms with van der Waals surface area (Å²) in [6.45, 7) is 9.02. The summed E-state index contributed by atoms with van der Waals surface area (Å²) in [6.07, 6.45) is 9.05. The van der Waals surface area contributed by atoms with E-state index in [2.05, 4.69) is 50.5 Å². The summed E-state index contributed by atoms with van der Waals surface area (Å²) in [5.41, 5.74) is 5.83. The van der Waals surface area contributed by atoms with E-state index in [1.807, 2.05) is 18.2 Å². The third-order valence-corrected chi connectivity index (χ3v) is 14.0. The van der Waals surface area contributed by atoms with Crippen LogP contribution in [0.1, 0.15) is 67.4 Å². The molecule has 2 aliphatic carbocycles. The highest BCUT2D eigenvalue weighted by molar-refractivity contribution is 7.90. The van der Waals surface area contributed by atoms with Gasteiger partial charge in [0.05, 0.1) is 33.7 Å². The maximum Gasteiger partial charge on any atom is 0.277 e. The van der Waals surface area contributed by atoms with E-state index in [1.165, 1.54) is 29.0 Å². The Labute approximate surface area is 353 Å². The second kappa shape index (κ2) is 15.9. The minimum Gasteiger partial charge on any atom is -0.493 e. The molecule has 1 amide bonds. The number of rotatable bonds is 11. The Morgan fingerprint density at radius 3 is 2.58 bits per heavy atom. The Morgan fingerprint density at radius 1 is 1.05 bits per heavy atom. The minimum absolute atomic E-state index is 0.0343. The summed E-state index contributed by atoms with van der Waals surface area (Å²) in [6, 6.07) is 19.2. The van der Waals surface area contributed by atoms with Gasteiger partial charge in [0.25, 0.3) is 21.6 Å². The van der Waals surface area contributed by atoms with E-state index in [0.29, 0.717) is 35.9 Å². The number of piperazine rings is 1. The molecule has 4 aliphatic rings. The fraction of sp³-hybridized carbons (Fsp3) is 0.378. The van der Waals surface area contributed by atoms with Crippen LogP contribution in [0.3, 0.4) is 0 Å². The van der Waals surface area contributed by atoms with Crippen molar-refractivity contribution in [3.05, 3.63) is 117 Å². The zero-order valence-corrected chi connectivity index (χ0v) is 35.2. The minimum atomic E-state index is -4.59. The molecule has 15 heteroatoms. The molecule has 9 rings (SSSR count). The number of H-pyrrole nitrogens is 1. The van der Waals surface area contributed by atoms with Gasteiger partial charge in [0.2, 0.25) is 0 Å². The molecular weight excluding hydrogens is 804 g/mol. The van der Waals surface area contributed by atoms with Gasteiger partial charge in [-0.25, -0.2) is 18.1 Å². The van der Waals surface area contributed by atoms with Gasteiger partial charge in [0, 0.05) is 79.1 Å². The van der Waals surface area contributed by atoms with Crippen LogP contribution in [0.15, 0.2) is 89.6 Å². The van der Waals surface area contributed by atoms with Crippen LogP contribution in [0.4, 0.5) is 11.4 Å². The Morgan fingerprint density at radius 2 is 1.83 bits per heavy atom. The van der Waals surface area contributed by atoms with E-state index >= 15 is 0 Å². The van der Waals surface area contributed by atoms with Crippen molar-refractivity contribution in [1.82, 2.24) is 19.6 Å². The molecular formula is C45H47ClN6O7S. The maximum absolute atomic E-state index is 14.0. The molecule has 0 spiro atoms. The topological polar surface area (TPSA) is 160 Å². The predicted molar refractivity (Wildman–Crippen MR) is 230 cm³/mol. The lowest BCUT2D eigenvalue weighted by atomic mass is 9.72. The lowest BCUT2D eigenvalue weighted by Crippen LogP contribution is -2.47. The first-order chi connectivity index (χ1) is 28.8. The van der Waals surface area contributed by atoms with Crippen LogP contribution >= 0.6 is 11.6 Å². The van der Waals surface area contributed by atoms with Crippen molar-refractivity contribution in [2.75, 3.05) is 44.2 Å². The second-order valence-electron chi connectivity index (χ2n) is 17.3.